The van der Waals surface area contributed by atoms with Crippen LogP contribution in [0, 0.1) is 12.3 Å². The van der Waals surface area contributed by atoms with Gasteiger partial charge in [-0.3, -0.25) is 24.3 Å². The zero-order chi connectivity index (χ0) is 31.6. The fraction of sp³-hybridized carbons (Fsp3) is 0.412. The van der Waals surface area contributed by atoms with Gasteiger partial charge in [-0.2, -0.15) is 0 Å². The molecule has 1 aliphatic heterocycles. The lowest BCUT2D eigenvalue weighted by molar-refractivity contribution is -0.137. The van der Waals surface area contributed by atoms with Crippen LogP contribution in [0.25, 0.3) is 11.0 Å². The molecule has 0 atom stereocenters. The predicted octanol–water partition coefficient (Wildman–Crippen LogP) is 4.89. The number of ether oxygens (including phenoxy) is 1. The van der Waals surface area contributed by atoms with Crippen molar-refractivity contribution in [3.05, 3.63) is 87.8 Å². The summed E-state index contributed by atoms with van der Waals surface area (Å²) >= 11 is 0. The Bertz CT molecular complexity index is 1740. The van der Waals surface area contributed by atoms with Gasteiger partial charge in [0.15, 0.2) is 0 Å². The number of fused-ring (bicyclic) bond motifs is 2. The summed E-state index contributed by atoms with van der Waals surface area (Å²) in [5.74, 6) is 0.251. The van der Waals surface area contributed by atoms with Crippen LogP contribution in [0.4, 0.5) is 11.4 Å². The molecule has 0 unspecified atom stereocenters. The molecule has 2 amide bonds. The number of anilines is 2. The third-order valence-corrected chi connectivity index (χ3v) is 8.29. The monoisotopic (exact) mass is 599 g/mol. The van der Waals surface area contributed by atoms with Gasteiger partial charge in [-0.25, -0.2) is 0 Å². The average molecular weight is 600 g/mol. The van der Waals surface area contributed by atoms with Gasteiger partial charge >= 0.3 is 0 Å². The van der Waals surface area contributed by atoms with Crippen LogP contribution < -0.4 is 15.4 Å². The molecule has 0 saturated heterocycles. The van der Waals surface area contributed by atoms with E-state index in [1.54, 1.807) is 53.7 Å². The van der Waals surface area contributed by atoms with Crippen molar-refractivity contribution in [1.29, 1.82) is 0 Å². The van der Waals surface area contributed by atoms with Gasteiger partial charge in [0.05, 0.1) is 29.1 Å². The molecule has 0 saturated carbocycles. The Kier molecular flexibility index (Phi) is 9.03. The highest BCUT2D eigenvalue weighted by atomic mass is 16.5. The molecule has 5 rings (SSSR count). The lowest BCUT2D eigenvalue weighted by Crippen LogP contribution is -2.47. The van der Waals surface area contributed by atoms with E-state index >= 15 is 0 Å². The third-order valence-electron chi connectivity index (χ3n) is 8.29. The number of furan rings is 1. The minimum Gasteiger partial charge on any atom is -0.461 e. The summed E-state index contributed by atoms with van der Waals surface area (Å²) in [6.07, 6.45) is 3.54. The van der Waals surface area contributed by atoms with Gasteiger partial charge in [0.1, 0.15) is 16.8 Å². The summed E-state index contributed by atoms with van der Waals surface area (Å²) in [5.41, 5.74) is 3.64. The maximum Gasteiger partial charge on any atom is 0.261 e. The Balaban J connectivity index is 1.47. The van der Waals surface area contributed by atoms with Crippen LogP contribution in [0.5, 0.6) is 0 Å². The number of nitrogens with zero attached hydrogens (tertiary/aromatic N) is 5. The van der Waals surface area contributed by atoms with E-state index in [0.717, 1.165) is 22.5 Å². The van der Waals surface area contributed by atoms with Gasteiger partial charge in [0.2, 0.25) is 11.8 Å². The number of carbonyl (C=O) groups is 2. The molecule has 4 heterocycles. The van der Waals surface area contributed by atoms with Crippen molar-refractivity contribution in [2.24, 2.45) is 5.41 Å². The molecule has 3 aromatic heterocycles. The average Bonchev–Trinajstić information content (AvgIpc) is 3.39. The Morgan fingerprint density at radius 1 is 1.00 bits per heavy atom. The molecule has 0 radical (unpaired) electrons. The topological polar surface area (TPSA) is 101 Å². The first kappa shape index (κ1) is 31.2. The van der Waals surface area contributed by atoms with Crippen molar-refractivity contribution in [3.63, 3.8) is 0 Å². The number of rotatable bonds is 11. The van der Waals surface area contributed by atoms with Gasteiger partial charge in [0.25, 0.3) is 5.56 Å². The summed E-state index contributed by atoms with van der Waals surface area (Å²) < 4.78 is 13.0. The molecule has 10 nitrogen and oxygen atoms in total. The Hall–Kier alpha value is -4.28. The van der Waals surface area contributed by atoms with E-state index in [1.807, 2.05) is 51.1 Å². The first-order chi connectivity index (χ1) is 21.0. The fourth-order valence-electron chi connectivity index (χ4n) is 5.83. The van der Waals surface area contributed by atoms with E-state index in [2.05, 4.69) is 16.0 Å². The van der Waals surface area contributed by atoms with E-state index < -0.39 is 5.41 Å². The van der Waals surface area contributed by atoms with E-state index in [4.69, 9.17) is 9.15 Å². The molecule has 44 heavy (non-hydrogen) atoms. The van der Waals surface area contributed by atoms with Gasteiger partial charge in [-0.1, -0.05) is 12.1 Å². The molecule has 1 aliphatic rings. The van der Waals surface area contributed by atoms with Crippen molar-refractivity contribution in [2.45, 2.75) is 60.9 Å². The van der Waals surface area contributed by atoms with Gasteiger partial charge in [-0.15, -0.1) is 0 Å². The largest absolute Gasteiger partial charge is 0.461 e. The highest BCUT2D eigenvalue weighted by Crippen LogP contribution is 2.39. The Morgan fingerprint density at radius 2 is 1.80 bits per heavy atom. The lowest BCUT2D eigenvalue weighted by atomic mass is 9.90. The highest BCUT2D eigenvalue weighted by Gasteiger charge is 2.45. The van der Waals surface area contributed by atoms with Crippen molar-refractivity contribution in [1.82, 2.24) is 14.5 Å². The Morgan fingerprint density at radius 3 is 2.55 bits per heavy atom. The van der Waals surface area contributed by atoms with Gasteiger partial charge in [-0.05, 0) is 76.1 Å². The van der Waals surface area contributed by atoms with E-state index in [0.29, 0.717) is 68.4 Å². The minimum absolute atomic E-state index is 0.0881. The quantitative estimate of drug-likeness (QED) is 0.226. The third kappa shape index (κ3) is 6.05. The highest BCUT2D eigenvalue weighted by molar-refractivity contribution is 6.19. The number of hydrogen-bond acceptors (Lipinski definition) is 7. The van der Waals surface area contributed by atoms with Crippen LogP contribution in [-0.4, -0.2) is 53.0 Å². The number of benzene rings is 1. The number of aryl methyl sites for hydroxylation is 1. The Labute approximate surface area is 257 Å². The van der Waals surface area contributed by atoms with Crippen LogP contribution in [0.15, 0.2) is 64.1 Å². The second kappa shape index (κ2) is 12.8. The fourth-order valence-corrected chi connectivity index (χ4v) is 5.83. The molecule has 1 aromatic carbocycles. The second-order valence-corrected chi connectivity index (χ2v) is 11.8. The molecule has 4 aromatic rings. The van der Waals surface area contributed by atoms with Crippen molar-refractivity contribution >= 4 is 34.2 Å². The minimum atomic E-state index is -1.17. The SMILES string of the molecule is CCOCc1ncccc1CN(CCn1ccc2oc(C)cc2c1=O)Cc1ccc2c(c1)N(C)C(=O)C(C)(C)C(=O)N2CC. The summed E-state index contributed by atoms with van der Waals surface area (Å²) in [5, 5.41) is 0.569. The smallest absolute Gasteiger partial charge is 0.261 e. The summed E-state index contributed by atoms with van der Waals surface area (Å²) in [6, 6.07) is 13.5. The summed E-state index contributed by atoms with van der Waals surface area (Å²) in [7, 11) is 1.73. The molecular weight excluding hydrogens is 558 g/mol. The molecule has 0 aliphatic carbocycles. The van der Waals surface area contributed by atoms with Crippen LogP contribution in [0.1, 0.15) is 50.3 Å². The van der Waals surface area contributed by atoms with Crippen molar-refractivity contribution in [3.8, 4) is 0 Å². The van der Waals surface area contributed by atoms with Crippen LogP contribution >= 0.6 is 0 Å². The number of carbonyl (C=O) groups excluding carboxylic acids is 2. The molecule has 10 heteroatoms. The first-order valence-corrected chi connectivity index (χ1v) is 15.1. The molecular formula is C34H41N5O5. The standard InChI is InChI=1S/C34H41N5O5/c1-7-39-28-12-11-24(19-29(28)36(6)32(41)34(4,5)33(39)42)20-37(21-25-10-9-14-35-27(25)22-43-8-2)16-17-38-15-13-30-26(31(38)40)18-23(3)44-30/h9-15,18-19H,7-8,16-17,20-22H2,1-6H3. The van der Waals surface area contributed by atoms with Crippen LogP contribution in [-0.2, 0) is 40.6 Å². The van der Waals surface area contributed by atoms with Crippen LogP contribution in [0.2, 0.25) is 0 Å². The molecule has 0 fully saturated rings. The maximum absolute atomic E-state index is 13.4. The molecule has 0 spiro atoms. The summed E-state index contributed by atoms with van der Waals surface area (Å²) in [4.78, 5) is 50.1. The van der Waals surface area contributed by atoms with Crippen LogP contribution in [0.3, 0.4) is 0 Å². The first-order valence-electron chi connectivity index (χ1n) is 15.1. The number of pyridine rings is 2. The van der Waals surface area contributed by atoms with Crippen molar-refractivity contribution < 1.29 is 18.7 Å². The normalized spacial score (nSPS) is 14.9. The zero-order valence-corrected chi connectivity index (χ0v) is 26.4. The van der Waals surface area contributed by atoms with E-state index in [1.165, 1.54) is 0 Å². The number of hydrogen-bond donors (Lipinski definition) is 0. The number of aromatic nitrogens is 2. The number of amides is 2. The van der Waals surface area contributed by atoms with Gasteiger partial charge < -0.3 is 23.5 Å². The lowest BCUT2D eigenvalue weighted by Gasteiger charge is -2.27. The summed E-state index contributed by atoms with van der Waals surface area (Å²) in [6.45, 7) is 12.7. The van der Waals surface area contributed by atoms with Crippen molar-refractivity contribution in [2.75, 3.05) is 36.5 Å². The van der Waals surface area contributed by atoms with E-state index in [-0.39, 0.29) is 17.4 Å². The maximum atomic E-state index is 13.4. The predicted molar refractivity (Wildman–Crippen MR) is 171 cm³/mol. The second-order valence-electron chi connectivity index (χ2n) is 11.8. The zero-order valence-electron chi connectivity index (χ0n) is 26.4. The van der Waals surface area contributed by atoms with Gasteiger partial charge in [0, 0.05) is 58.8 Å². The van der Waals surface area contributed by atoms with E-state index in [9.17, 15) is 14.4 Å². The molecule has 232 valence electrons. The molecule has 0 N–H and O–H groups in total. The molecule has 0 bridgehead atoms.